The summed E-state index contributed by atoms with van der Waals surface area (Å²) in [5.74, 6) is 1.28. The number of hydrogen-bond donors (Lipinski definition) is 3. The van der Waals surface area contributed by atoms with Gasteiger partial charge in [-0.1, -0.05) is 0 Å². The van der Waals surface area contributed by atoms with Gasteiger partial charge in [0, 0.05) is 12.1 Å². The topological polar surface area (TPSA) is 83.7 Å². The molecule has 6 heteroatoms. The minimum Gasteiger partial charge on any atom is -0.462 e. The summed E-state index contributed by atoms with van der Waals surface area (Å²) in [6.07, 6.45) is -0.432. The van der Waals surface area contributed by atoms with Crippen molar-refractivity contribution in [3.05, 3.63) is 23.7 Å². The zero-order valence-electron chi connectivity index (χ0n) is 13.4. The molecule has 0 aliphatic carbocycles. The number of alkyl carbamates (subject to hydrolysis) is 1. The van der Waals surface area contributed by atoms with Crippen LogP contribution in [0, 0.1) is 0 Å². The molecule has 0 saturated heterocycles. The molecule has 1 heterocycles. The molecule has 6 nitrogen and oxygen atoms in total. The number of carbonyl (C=O) groups is 1. The van der Waals surface area contributed by atoms with Crippen molar-refractivity contribution in [1.82, 2.24) is 10.6 Å². The van der Waals surface area contributed by atoms with E-state index in [1.165, 1.54) is 0 Å². The Bertz CT molecular complexity index is 460. The fourth-order valence-corrected chi connectivity index (χ4v) is 1.60. The summed E-state index contributed by atoms with van der Waals surface area (Å²) in [6.45, 7) is 10.3. The normalized spacial score (nSPS) is 12.3. The van der Waals surface area contributed by atoms with Gasteiger partial charge in [-0.05, 0) is 46.8 Å². The van der Waals surface area contributed by atoms with E-state index in [-0.39, 0.29) is 12.1 Å². The van der Waals surface area contributed by atoms with Gasteiger partial charge in [0.1, 0.15) is 23.7 Å². The molecular formula is C15H26N2O4. The Kier molecular flexibility index (Phi) is 5.80. The van der Waals surface area contributed by atoms with Gasteiger partial charge in [0.05, 0.1) is 6.54 Å². The van der Waals surface area contributed by atoms with Crippen LogP contribution < -0.4 is 10.6 Å². The number of aliphatic hydroxyl groups is 1. The Hall–Kier alpha value is -1.53. The zero-order chi connectivity index (χ0) is 16.1. The molecular weight excluding hydrogens is 272 g/mol. The highest BCUT2D eigenvalue weighted by molar-refractivity contribution is 5.67. The second-order valence-corrected chi connectivity index (χ2v) is 6.62. The van der Waals surface area contributed by atoms with E-state index < -0.39 is 11.7 Å². The van der Waals surface area contributed by atoms with Gasteiger partial charge in [-0.25, -0.2) is 4.79 Å². The number of carbonyl (C=O) groups excluding carboxylic acids is 1. The van der Waals surface area contributed by atoms with E-state index in [2.05, 4.69) is 10.6 Å². The molecule has 1 aromatic heterocycles. The average molecular weight is 298 g/mol. The Morgan fingerprint density at radius 2 is 1.86 bits per heavy atom. The van der Waals surface area contributed by atoms with E-state index >= 15 is 0 Å². The lowest BCUT2D eigenvalue weighted by atomic mass is 10.1. The number of ether oxygens (including phenoxy) is 1. The van der Waals surface area contributed by atoms with Gasteiger partial charge in [0.2, 0.25) is 0 Å². The average Bonchev–Trinajstić information content (AvgIpc) is 2.80. The Morgan fingerprint density at radius 3 is 2.38 bits per heavy atom. The number of aliphatic hydroxyl groups excluding tert-OH is 1. The molecule has 21 heavy (non-hydrogen) atoms. The third-order valence-corrected chi connectivity index (χ3v) is 2.69. The first kappa shape index (κ1) is 17.5. The zero-order valence-corrected chi connectivity index (χ0v) is 13.4. The van der Waals surface area contributed by atoms with Crippen LogP contribution in [0.5, 0.6) is 0 Å². The van der Waals surface area contributed by atoms with Crippen LogP contribution in [-0.4, -0.2) is 28.9 Å². The summed E-state index contributed by atoms with van der Waals surface area (Å²) in [7, 11) is 0. The van der Waals surface area contributed by atoms with Gasteiger partial charge in [-0.2, -0.15) is 0 Å². The summed E-state index contributed by atoms with van der Waals surface area (Å²) < 4.78 is 10.6. The lowest BCUT2D eigenvalue weighted by Gasteiger charge is -2.27. The molecule has 0 bridgehead atoms. The van der Waals surface area contributed by atoms with Gasteiger partial charge in [-0.3, -0.25) is 0 Å². The number of furan rings is 1. The fraction of sp³-hybridized carbons (Fsp3) is 0.667. The van der Waals surface area contributed by atoms with E-state index in [9.17, 15) is 4.79 Å². The molecule has 0 fully saturated rings. The molecule has 0 aliphatic heterocycles. The fourth-order valence-electron chi connectivity index (χ4n) is 1.60. The molecule has 120 valence electrons. The molecule has 0 unspecified atom stereocenters. The summed E-state index contributed by atoms with van der Waals surface area (Å²) in [5.41, 5.74) is -0.820. The third kappa shape index (κ3) is 7.15. The standard InChI is InChI=1S/C15H26N2O4/c1-14(2,3)21-13(19)16-10-15(4,5)17-8-11-6-7-12(9-18)20-11/h6-7,17-18H,8-10H2,1-5H3,(H,16,19). The number of amides is 1. The van der Waals surface area contributed by atoms with Crippen molar-refractivity contribution in [1.29, 1.82) is 0 Å². The SMILES string of the molecule is CC(C)(CNC(=O)OC(C)(C)C)NCc1ccc(CO)o1. The summed E-state index contributed by atoms with van der Waals surface area (Å²) >= 11 is 0. The first-order chi connectivity index (χ1) is 9.61. The minimum absolute atomic E-state index is 0.108. The molecule has 0 radical (unpaired) electrons. The summed E-state index contributed by atoms with van der Waals surface area (Å²) in [4.78, 5) is 11.6. The van der Waals surface area contributed by atoms with Crippen molar-refractivity contribution in [2.24, 2.45) is 0 Å². The first-order valence-corrected chi connectivity index (χ1v) is 7.02. The van der Waals surface area contributed by atoms with Crippen LogP contribution in [0.3, 0.4) is 0 Å². The lowest BCUT2D eigenvalue weighted by Crippen LogP contribution is -2.49. The number of nitrogens with one attached hydrogen (secondary N) is 2. The highest BCUT2D eigenvalue weighted by atomic mass is 16.6. The molecule has 0 aliphatic rings. The van der Waals surface area contributed by atoms with Gasteiger partial charge < -0.3 is 24.9 Å². The van der Waals surface area contributed by atoms with Crippen LogP contribution in [0.15, 0.2) is 16.5 Å². The van der Waals surface area contributed by atoms with E-state index in [0.717, 1.165) is 5.76 Å². The number of rotatable bonds is 6. The second kappa shape index (κ2) is 6.95. The summed E-state index contributed by atoms with van der Waals surface area (Å²) in [6, 6.07) is 3.55. The van der Waals surface area contributed by atoms with E-state index in [1.54, 1.807) is 6.07 Å². The second-order valence-electron chi connectivity index (χ2n) is 6.62. The predicted molar refractivity (Wildman–Crippen MR) is 79.8 cm³/mol. The molecule has 0 atom stereocenters. The maximum atomic E-state index is 11.6. The predicted octanol–water partition coefficient (Wildman–Crippen LogP) is 2.16. The van der Waals surface area contributed by atoms with Gasteiger partial charge in [0.25, 0.3) is 0 Å². The van der Waals surface area contributed by atoms with Crippen LogP contribution in [0.2, 0.25) is 0 Å². The van der Waals surface area contributed by atoms with Crippen LogP contribution in [0.1, 0.15) is 46.1 Å². The van der Waals surface area contributed by atoms with Crippen molar-refractivity contribution in [2.75, 3.05) is 6.54 Å². The molecule has 1 amide bonds. The van der Waals surface area contributed by atoms with Crippen LogP contribution >= 0.6 is 0 Å². The quantitative estimate of drug-likeness (QED) is 0.749. The smallest absolute Gasteiger partial charge is 0.407 e. The highest BCUT2D eigenvalue weighted by Crippen LogP contribution is 2.10. The largest absolute Gasteiger partial charge is 0.462 e. The van der Waals surface area contributed by atoms with E-state index in [4.69, 9.17) is 14.3 Å². The molecule has 0 aromatic carbocycles. The third-order valence-electron chi connectivity index (χ3n) is 2.69. The van der Waals surface area contributed by atoms with Crippen LogP contribution in [0.4, 0.5) is 4.79 Å². The maximum absolute atomic E-state index is 11.6. The number of hydrogen-bond acceptors (Lipinski definition) is 5. The van der Waals surface area contributed by atoms with Crippen molar-refractivity contribution in [3.63, 3.8) is 0 Å². The highest BCUT2D eigenvalue weighted by Gasteiger charge is 2.21. The Morgan fingerprint density at radius 1 is 1.24 bits per heavy atom. The lowest BCUT2D eigenvalue weighted by molar-refractivity contribution is 0.0513. The van der Waals surface area contributed by atoms with Crippen molar-refractivity contribution >= 4 is 6.09 Å². The Labute approximate surface area is 125 Å². The van der Waals surface area contributed by atoms with Gasteiger partial charge >= 0.3 is 6.09 Å². The van der Waals surface area contributed by atoms with E-state index in [1.807, 2.05) is 40.7 Å². The van der Waals surface area contributed by atoms with Crippen molar-refractivity contribution < 1.29 is 19.1 Å². The van der Waals surface area contributed by atoms with Crippen molar-refractivity contribution in [2.45, 2.75) is 58.9 Å². The maximum Gasteiger partial charge on any atom is 0.407 e. The molecule has 0 spiro atoms. The molecule has 1 aromatic rings. The van der Waals surface area contributed by atoms with Crippen LogP contribution in [-0.2, 0) is 17.9 Å². The van der Waals surface area contributed by atoms with Crippen molar-refractivity contribution in [3.8, 4) is 0 Å². The van der Waals surface area contributed by atoms with E-state index in [0.29, 0.717) is 18.8 Å². The van der Waals surface area contributed by atoms with Gasteiger partial charge in [0.15, 0.2) is 0 Å². The first-order valence-electron chi connectivity index (χ1n) is 7.02. The molecule has 3 N–H and O–H groups in total. The molecule has 1 rings (SSSR count). The van der Waals surface area contributed by atoms with Crippen LogP contribution in [0.25, 0.3) is 0 Å². The summed E-state index contributed by atoms with van der Waals surface area (Å²) in [5, 5.41) is 15.0. The van der Waals surface area contributed by atoms with Gasteiger partial charge in [-0.15, -0.1) is 0 Å². The minimum atomic E-state index is -0.503. The molecule has 0 saturated carbocycles. The Balaban J connectivity index is 2.37. The monoisotopic (exact) mass is 298 g/mol.